The molecular weight excluding hydrogens is 314 g/mol. The number of ether oxygens (including phenoxy) is 2. The Morgan fingerprint density at radius 3 is 2.64 bits per heavy atom. The van der Waals surface area contributed by atoms with Gasteiger partial charge < -0.3 is 14.6 Å². The van der Waals surface area contributed by atoms with Crippen molar-refractivity contribution in [1.82, 2.24) is 4.72 Å². The van der Waals surface area contributed by atoms with Crippen LogP contribution in [0.15, 0.2) is 29.2 Å². The van der Waals surface area contributed by atoms with Gasteiger partial charge in [0.15, 0.2) is 6.10 Å². The number of carbonyl (C=O) groups excluding carboxylic acids is 2. The second-order valence-electron chi connectivity index (χ2n) is 4.14. The van der Waals surface area contributed by atoms with Gasteiger partial charge in [0, 0.05) is 6.54 Å². The number of benzene rings is 1. The first kappa shape index (κ1) is 18.1. The van der Waals surface area contributed by atoms with E-state index in [9.17, 15) is 23.1 Å². The first-order chi connectivity index (χ1) is 10.3. The maximum atomic E-state index is 12.1. The first-order valence-electron chi connectivity index (χ1n) is 6.34. The molecule has 0 saturated heterocycles. The number of rotatable bonds is 7. The lowest BCUT2D eigenvalue weighted by Crippen LogP contribution is -2.37. The van der Waals surface area contributed by atoms with Crippen molar-refractivity contribution in [3.8, 4) is 0 Å². The fourth-order valence-corrected chi connectivity index (χ4v) is 2.58. The van der Waals surface area contributed by atoms with Crippen LogP contribution in [-0.4, -0.2) is 51.8 Å². The number of aliphatic hydroxyl groups is 1. The minimum absolute atomic E-state index is 0.0817. The minimum Gasteiger partial charge on any atom is -0.467 e. The minimum atomic E-state index is -3.99. The van der Waals surface area contributed by atoms with Crippen LogP contribution in [-0.2, 0) is 24.3 Å². The molecule has 0 heterocycles. The number of sulfonamides is 1. The molecule has 1 rings (SSSR count). The summed E-state index contributed by atoms with van der Waals surface area (Å²) in [4.78, 5) is 22.4. The molecule has 0 unspecified atom stereocenters. The van der Waals surface area contributed by atoms with Crippen LogP contribution in [0.1, 0.15) is 17.3 Å². The van der Waals surface area contributed by atoms with Crippen LogP contribution in [0, 0.1) is 0 Å². The van der Waals surface area contributed by atoms with E-state index in [-0.39, 0.29) is 17.1 Å². The van der Waals surface area contributed by atoms with E-state index in [4.69, 9.17) is 4.74 Å². The van der Waals surface area contributed by atoms with Crippen molar-refractivity contribution < 1.29 is 32.6 Å². The van der Waals surface area contributed by atoms with Crippen LogP contribution in [0.25, 0.3) is 0 Å². The van der Waals surface area contributed by atoms with Gasteiger partial charge in [-0.15, -0.1) is 0 Å². The molecule has 0 bridgehead atoms. The molecule has 0 amide bonds. The van der Waals surface area contributed by atoms with E-state index in [1.165, 1.54) is 18.2 Å². The molecule has 0 aliphatic carbocycles. The van der Waals surface area contributed by atoms with Crippen molar-refractivity contribution in [2.75, 3.05) is 20.3 Å². The summed E-state index contributed by atoms with van der Waals surface area (Å²) < 4.78 is 35.2. The summed E-state index contributed by atoms with van der Waals surface area (Å²) in [7, 11) is -2.92. The number of aliphatic hydroxyl groups excluding tert-OH is 1. The van der Waals surface area contributed by atoms with Gasteiger partial charge in [-0.3, -0.25) is 0 Å². The quantitative estimate of drug-likeness (QED) is 0.657. The molecule has 9 heteroatoms. The van der Waals surface area contributed by atoms with E-state index in [1.54, 1.807) is 6.92 Å². The van der Waals surface area contributed by atoms with Crippen molar-refractivity contribution in [3.05, 3.63) is 29.8 Å². The van der Waals surface area contributed by atoms with Gasteiger partial charge in [0.25, 0.3) is 0 Å². The highest BCUT2D eigenvalue weighted by atomic mass is 32.2. The van der Waals surface area contributed by atoms with Crippen LogP contribution in [0.2, 0.25) is 0 Å². The fourth-order valence-electron chi connectivity index (χ4n) is 1.50. The molecule has 0 aliphatic heterocycles. The molecule has 8 nitrogen and oxygen atoms in total. The summed E-state index contributed by atoms with van der Waals surface area (Å²) in [6.07, 6.45) is -1.62. The zero-order valence-corrected chi connectivity index (χ0v) is 12.9. The topological polar surface area (TPSA) is 119 Å². The van der Waals surface area contributed by atoms with Crippen molar-refractivity contribution in [1.29, 1.82) is 0 Å². The van der Waals surface area contributed by atoms with Crippen LogP contribution in [0.4, 0.5) is 0 Å². The molecular formula is C13H17NO7S. The number of esters is 2. The molecule has 0 saturated carbocycles. The predicted octanol–water partition coefficient (Wildman–Crippen LogP) is -0.324. The molecule has 1 atom stereocenters. The van der Waals surface area contributed by atoms with E-state index in [2.05, 4.69) is 9.46 Å². The average Bonchev–Trinajstić information content (AvgIpc) is 2.52. The molecule has 2 N–H and O–H groups in total. The fraction of sp³-hybridized carbons (Fsp3) is 0.385. The van der Waals surface area contributed by atoms with Gasteiger partial charge in [0.1, 0.15) is 0 Å². The summed E-state index contributed by atoms with van der Waals surface area (Å²) >= 11 is 0. The third-order valence-corrected chi connectivity index (χ3v) is 4.02. The zero-order valence-electron chi connectivity index (χ0n) is 12.1. The summed E-state index contributed by atoms with van der Waals surface area (Å²) in [5, 5.41) is 9.37. The van der Waals surface area contributed by atoms with E-state index in [0.717, 1.165) is 13.2 Å². The van der Waals surface area contributed by atoms with Gasteiger partial charge in [-0.2, -0.15) is 0 Å². The van der Waals surface area contributed by atoms with Gasteiger partial charge in [-0.05, 0) is 25.1 Å². The molecule has 0 spiro atoms. The van der Waals surface area contributed by atoms with Crippen LogP contribution >= 0.6 is 0 Å². The Bertz CT molecular complexity index is 642. The number of nitrogens with one attached hydrogen (secondary N) is 1. The lowest BCUT2D eigenvalue weighted by Gasteiger charge is -2.11. The molecule has 0 fully saturated rings. The highest BCUT2D eigenvalue weighted by Gasteiger charge is 2.21. The van der Waals surface area contributed by atoms with Crippen molar-refractivity contribution in [2.45, 2.75) is 17.9 Å². The normalized spacial score (nSPS) is 12.5. The Balaban J connectivity index is 2.87. The van der Waals surface area contributed by atoms with Gasteiger partial charge in [0.2, 0.25) is 10.0 Å². The lowest BCUT2D eigenvalue weighted by molar-refractivity contribution is -0.149. The number of hydrogen-bond acceptors (Lipinski definition) is 7. The Kier molecular flexibility index (Phi) is 6.47. The third kappa shape index (κ3) is 4.79. The van der Waals surface area contributed by atoms with E-state index in [1.807, 2.05) is 0 Å². The maximum Gasteiger partial charge on any atom is 0.338 e. The summed E-state index contributed by atoms with van der Waals surface area (Å²) in [6, 6.07) is 5.22. The largest absolute Gasteiger partial charge is 0.467 e. The molecule has 1 aromatic rings. The predicted molar refractivity (Wildman–Crippen MR) is 75.6 cm³/mol. The molecule has 0 radical (unpaired) electrons. The number of hydrogen-bond donors (Lipinski definition) is 2. The van der Waals surface area contributed by atoms with E-state index in [0.29, 0.717) is 0 Å². The highest BCUT2D eigenvalue weighted by molar-refractivity contribution is 7.89. The van der Waals surface area contributed by atoms with Crippen LogP contribution in [0.3, 0.4) is 0 Å². The van der Waals surface area contributed by atoms with Crippen molar-refractivity contribution in [3.63, 3.8) is 0 Å². The highest BCUT2D eigenvalue weighted by Crippen LogP contribution is 2.12. The van der Waals surface area contributed by atoms with Gasteiger partial charge in [-0.1, -0.05) is 6.07 Å². The number of carbonyl (C=O) groups is 2. The molecule has 0 aliphatic rings. The SMILES string of the molecule is CCOC(=O)c1cccc(S(=O)(=O)NC[C@H](O)C(=O)OC)c1. The Morgan fingerprint density at radius 1 is 1.36 bits per heavy atom. The molecule has 22 heavy (non-hydrogen) atoms. The molecule has 0 aromatic heterocycles. The summed E-state index contributed by atoms with van der Waals surface area (Å²) in [5.74, 6) is -1.60. The number of methoxy groups -OCH3 is 1. The molecule has 1 aromatic carbocycles. The third-order valence-electron chi connectivity index (χ3n) is 2.60. The van der Waals surface area contributed by atoms with Crippen molar-refractivity contribution in [2.24, 2.45) is 0 Å². The summed E-state index contributed by atoms with van der Waals surface area (Å²) in [5.41, 5.74) is 0.0817. The Labute approximate surface area is 128 Å². The van der Waals surface area contributed by atoms with Crippen LogP contribution in [0.5, 0.6) is 0 Å². The van der Waals surface area contributed by atoms with E-state index < -0.39 is 34.6 Å². The van der Waals surface area contributed by atoms with Gasteiger partial charge in [0.05, 0.1) is 24.2 Å². The summed E-state index contributed by atoms with van der Waals surface area (Å²) in [6.45, 7) is 1.26. The standard InChI is InChI=1S/C13H17NO7S/c1-3-21-12(16)9-5-4-6-10(7-9)22(18,19)14-8-11(15)13(17)20-2/h4-7,11,14-15H,3,8H2,1-2H3/t11-/m0/s1. The lowest BCUT2D eigenvalue weighted by atomic mass is 10.2. The van der Waals surface area contributed by atoms with E-state index >= 15 is 0 Å². The first-order valence-corrected chi connectivity index (χ1v) is 7.83. The zero-order chi connectivity index (χ0) is 16.8. The van der Waals surface area contributed by atoms with Crippen molar-refractivity contribution >= 4 is 22.0 Å². The Hall–Kier alpha value is -1.97. The second-order valence-corrected chi connectivity index (χ2v) is 5.91. The molecule has 122 valence electrons. The maximum absolute atomic E-state index is 12.1. The second kappa shape index (κ2) is 7.87. The smallest absolute Gasteiger partial charge is 0.338 e. The monoisotopic (exact) mass is 331 g/mol. The average molecular weight is 331 g/mol. The Morgan fingerprint density at radius 2 is 2.05 bits per heavy atom. The van der Waals surface area contributed by atoms with Gasteiger partial charge in [-0.25, -0.2) is 22.7 Å². The van der Waals surface area contributed by atoms with Gasteiger partial charge >= 0.3 is 11.9 Å². The van der Waals surface area contributed by atoms with Crippen LogP contribution < -0.4 is 4.72 Å².